The number of benzene rings is 1. The Hall–Kier alpha value is -2.28. The van der Waals surface area contributed by atoms with Crippen LogP contribution in [0.1, 0.15) is 74.6 Å². The average Bonchev–Trinajstić information content (AvgIpc) is 3.05. The highest BCUT2D eigenvalue weighted by molar-refractivity contribution is 7.99. The molecule has 1 heterocycles. The molecule has 2 bridgehead atoms. The van der Waals surface area contributed by atoms with E-state index in [1.165, 1.54) is 11.8 Å². The topological polar surface area (TPSA) is 84.8 Å². The van der Waals surface area contributed by atoms with Gasteiger partial charge in [-0.25, -0.2) is 4.98 Å². The zero-order valence-corrected chi connectivity index (χ0v) is 18.1. The second-order valence-electron chi connectivity index (χ2n) is 8.66. The molecular formula is C22H26N4O2S. The van der Waals surface area contributed by atoms with Crippen LogP contribution in [-0.2, 0) is 10.2 Å². The van der Waals surface area contributed by atoms with Crippen molar-refractivity contribution in [3.8, 4) is 0 Å². The van der Waals surface area contributed by atoms with Gasteiger partial charge < -0.3 is 5.32 Å². The van der Waals surface area contributed by atoms with E-state index < -0.39 is 0 Å². The number of nitrogens with zero attached hydrogens (tertiary/aromatic N) is 3. The lowest BCUT2D eigenvalue weighted by Crippen LogP contribution is -2.32. The monoisotopic (exact) mass is 410 g/mol. The van der Waals surface area contributed by atoms with Crippen molar-refractivity contribution in [3.05, 3.63) is 41.2 Å². The normalized spacial score (nSPS) is 23.7. The Kier molecular flexibility index (Phi) is 4.97. The number of thioether (sulfide) groups is 1. The maximum Gasteiger partial charge on any atom is 0.224 e. The van der Waals surface area contributed by atoms with Gasteiger partial charge in [0, 0.05) is 29.0 Å². The minimum Gasteiger partial charge on any atom is -0.326 e. The van der Waals surface area contributed by atoms with E-state index in [1.807, 2.05) is 0 Å². The van der Waals surface area contributed by atoms with Crippen molar-refractivity contribution in [2.75, 3.05) is 11.1 Å². The number of ketones is 1. The van der Waals surface area contributed by atoms with Crippen LogP contribution in [0.2, 0.25) is 0 Å². The molecule has 6 nitrogen and oxygen atoms in total. The van der Waals surface area contributed by atoms with Crippen molar-refractivity contribution in [2.45, 2.75) is 63.4 Å². The number of fused-ring (bicyclic) bond motifs is 5. The number of nitrogens with one attached hydrogen (secondary N) is 1. The van der Waals surface area contributed by atoms with Gasteiger partial charge in [-0.15, -0.1) is 5.10 Å². The Morgan fingerprint density at radius 2 is 1.90 bits per heavy atom. The van der Waals surface area contributed by atoms with Gasteiger partial charge in [0.25, 0.3) is 0 Å². The lowest BCUT2D eigenvalue weighted by Gasteiger charge is -2.33. The van der Waals surface area contributed by atoms with Crippen molar-refractivity contribution in [1.29, 1.82) is 0 Å². The van der Waals surface area contributed by atoms with E-state index in [2.05, 4.69) is 36.3 Å². The van der Waals surface area contributed by atoms with Crippen LogP contribution in [0, 0.1) is 5.41 Å². The average molecular weight is 411 g/mol. The van der Waals surface area contributed by atoms with E-state index in [1.54, 1.807) is 31.2 Å². The second-order valence-corrected chi connectivity index (χ2v) is 9.61. The first-order valence-electron chi connectivity index (χ1n) is 10.1. The van der Waals surface area contributed by atoms with Crippen LogP contribution >= 0.6 is 11.8 Å². The predicted octanol–water partition coefficient (Wildman–Crippen LogP) is 4.37. The molecule has 0 aliphatic heterocycles. The minimum absolute atomic E-state index is 0.000490. The Morgan fingerprint density at radius 1 is 1.17 bits per heavy atom. The summed E-state index contributed by atoms with van der Waals surface area (Å²) in [5, 5.41) is 12.1. The molecule has 0 saturated heterocycles. The van der Waals surface area contributed by atoms with E-state index in [4.69, 9.17) is 4.98 Å². The fraction of sp³-hybridized carbons (Fsp3) is 0.500. The summed E-state index contributed by atoms with van der Waals surface area (Å²) in [6, 6.07) is 6.97. The maximum absolute atomic E-state index is 12.6. The molecule has 0 unspecified atom stereocenters. The van der Waals surface area contributed by atoms with Crippen LogP contribution in [0.25, 0.3) is 0 Å². The van der Waals surface area contributed by atoms with E-state index in [-0.39, 0.29) is 28.3 Å². The van der Waals surface area contributed by atoms with Gasteiger partial charge in [-0.1, -0.05) is 39.5 Å². The Balaban J connectivity index is 1.43. The first kappa shape index (κ1) is 20.0. The van der Waals surface area contributed by atoms with E-state index in [0.29, 0.717) is 28.7 Å². The fourth-order valence-corrected chi connectivity index (χ4v) is 5.31. The Labute approximate surface area is 175 Å². The van der Waals surface area contributed by atoms with Crippen LogP contribution < -0.4 is 5.32 Å². The van der Waals surface area contributed by atoms with Gasteiger partial charge in [-0.2, -0.15) is 5.10 Å². The van der Waals surface area contributed by atoms with Gasteiger partial charge in [0.15, 0.2) is 5.78 Å². The summed E-state index contributed by atoms with van der Waals surface area (Å²) in [4.78, 5) is 28.8. The third kappa shape index (κ3) is 3.25. The molecule has 2 aromatic rings. The van der Waals surface area contributed by atoms with Gasteiger partial charge >= 0.3 is 0 Å². The smallest absolute Gasteiger partial charge is 0.224 e. The zero-order valence-electron chi connectivity index (χ0n) is 17.3. The molecule has 1 amide bonds. The molecule has 7 heteroatoms. The molecule has 1 N–H and O–H groups in total. The molecular weight excluding hydrogens is 384 g/mol. The first-order valence-corrected chi connectivity index (χ1v) is 11.1. The summed E-state index contributed by atoms with van der Waals surface area (Å²) in [5.74, 6) is 0.631. The number of hydrogen-bond donors (Lipinski definition) is 1. The molecule has 1 fully saturated rings. The first-order chi connectivity index (χ1) is 13.8. The molecule has 1 aromatic heterocycles. The van der Waals surface area contributed by atoms with Crippen molar-refractivity contribution < 1.29 is 9.59 Å². The van der Waals surface area contributed by atoms with E-state index in [9.17, 15) is 9.59 Å². The van der Waals surface area contributed by atoms with Crippen molar-refractivity contribution in [3.63, 3.8) is 0 Å². The van der Waals surface area contributed by atoms with E-state index in [0.717, 1.165) is 24.2 Å². The molecule has 2 aliphatic rings. The lowest BCUT2D eigenvalue weighted by atomic mass is 9.70. The third-order valence-corrected chi connectivity index (χ3v) is 7.75. The van der Waals surface area contributed by atoms with Gasteiger partial charge in [-0.05, 0) is 42.5 Å². The number of aromatic nitrogens is 3. The molecule has 2 aliphatic carbocycles. The molecule has 152 valence electrons. The number of amides is 1. The molecule has 29 heavy (non-hydrogen) atoms. The van der Waals surface area contributed by atoms with Crippen molar-refractivity contribution in [2.24, 2.45) is 5.41 Å². The molecule has 4 rings (SSSR count). The molecule has 0 radical (unpaired) electrons. The van der Waals surface area contributed by atoms with E-state index >= 15 is 0 Å². The maximum atomic E-state index is 12.6. The predicted molar refractivity (Wildman–Crippen MR) is 113 cm³/mol. The number of Topliss-reactive ketones (excluding diaryl/α,β-unsaturated/α-hetero) is 1. The quantitative estimate of drug-likeness (QED) is 0.562. The fourth-order valence-electron chi connectivity index (χ4n) is 4.63. The highest BCUT2D eigenvalue weighted by Gasteiger charge is 2.61. The van der Waals surface area contributed by atoms with Gasteiger partial charge in [0.2, 0.25) is 11.1 Å². The number of carbonyl (C=O) groups excluding carboxylic acids is 2. The number of anilines is 1. The van der Waals surface area contributed by atoms with Gasteiger partial charge in [0.05, 0.1) is 17.1 Å². The second kappa shape index (κ2) is 7.20. The Bertz CT molecular complexity index is 973. The summed E-state index contributed by atoms with van der Waals surface area (Å²) in [5.41, 5.74) is 3.58. The number of rotatable bonds is 6. The summed E-state index contributed by atoms with van der Waals surface area (Å²) >= 11 is 1.33. The summed E-state index contributed by atoms with van der Waals surface area (Å²) in [6.45, 7) is 8.69. The molecule has 2 atom stereocenters. The summed E-state index contributed by atoms with van der Waals surface area (Å²) < 4.78 is 0. The van der Waals surface area contributed by atoms with Crippen LogP contribution in [0.15, 0.2) is 29.4 Å². The zero-order chi connectivity index (χ0) is 20.8. The summed E-state index contributed by atoms with van der Waals surface area (Å²) in [6.07, 6.45) is 2.69. The molecule has 0 spiro atoms. The van der Waals surface area contributed by atoms with Crippen LogP contribution in [0.5, 0.6) is 0 Å². The van der Waals surface area contributed by atoms with Crippen LogP contribution in [0.3, 0.4) is 0 Å². The summed E-state index contributed by atoms with van der Waals surface area (Å²) in [7, 11) is 0. The minimum atomic E-state index is -0.0496. The van der Waals surface area contributed by atoms with Crippen molar-refractivity contribution in [1.82, 2.24) is 15.2 Å². The van der Waals surface area contributed by atoms with Gasteiger partial charge in [-0.3, -0.25) is 9.59 Å². The highest BCUT2D eigenvalue weighted by Crippen LogP contribution is 2.66. The molecule has 1 aromatic carbocycles. The van der Waals surface area contributed by atoms with Crippen LogP contribution in [-0.4, -0.2) is 32.6 Å². The largest absolute Gasteiger partial charge is 0.326 e. The standard InChI is InChI=1S/C22H26N4O2S/c1-5-17(28)23-14-8-6-13(7-9-14)16(27)12-29-20-24-19-18(25-26-20)15-10-11-22(19,4)21(15,2)3/h6-9,15H,5,10-12H2,1-4H3,(H,23,28)/t15-,22+/m0/s1. The third-order valence-electron chi connectivity index (χ3n) is 6.92. The van der Waals surface area contributed by atoms with Crippen molar-refractivity contribution >= 4 is 29.1 Å². The van der Waals surface area contributed by atoms with Gasteiger partial charge in [0.1, 0.15) is 0 Å². The van der Waals surface area contributed by atoms with Crippen LogP contribution in [0.4, 0.5) is 5.69 Å². The Morgan fingerprint density at radius 3 is 2.59 bits per heavy atom. The number of hydrogen-bond acceptors (Lipinski definition) is 6. The molecule has 1 saturated carbocycles. The number of carbonyl (C=O) groups is 2. The SMILES string of the molecule is CCC(=O)Nc1ccc(C(=O)CSc2nnc3c(n2)[C@@]2(C)CC[C@@H]3C2(C)C)cc1. The lowest BCUT2D eigenvalue weighted by molar-refractivity contribution is -0.115. The highest BCUT2D eigenvalue weighted by atomic mass is 32.2.